The minimum absolute atomic E-state index is 0.511. The summed E-state index contributed by atoms with van der Waals surface area (Å²) in [5.41, 5.74) is 5.14. The minimum atomic E-state index is 0.511. The van der Waals surface area contributed by atoms with Crippen molar-refractivity contribution in [1.29, 1.82) is 0 Å². The number of hydrogen-bond donors (Lipinski definition) is 1. The van der Waals surface area contributed by atoms with Gasteiger partial charge in [0.05, 0.1) is 11.3 Å². The maximum atomic E-state index is 9.62. The molecule has 0 aromatic rings. The van der Waals surface area contributed by atoms with Gasteiger partial charge in [0.15, 0.2) is 0 Å². The van der Waals surface area contributed by atoms with E-state index in [9.17, 15) is 4.21 Å². The van der Waals surface area contributed by atoms with Crippen LogP contribution >= 0.6 is 0 Å². The second-order valence-electron chi connectivity index (χ2n) is 1.19. The SMILES string of the molecule is NCCCC=S=O. The molecule has 0 saturated heterocycles. The van der Waals surface area contributed by atoms with Crippen LogP contribution in [0.3, 0.4) is 0 Å². The van der Waals surface area contributed by atoms with E-state index >= 15 is 0 Å². The number of rotatable bonds is 3. The van der Waals surface area contributed by atoms with Gasteiger partial charge in [-0.1, -0.05) is 0 Å². The van der Waals surface area contributed by atoms with Gasteiger partial charge in [0.25, 0.3) is 0 Å². The van der Waals surface area contributed by atoms with E-state index in [-0.39, 0.29) is 0 Å². The Bertz CT molecular complexity index is 77.8. The van der Waals surface area contributed by atoms with Gasteiger partial charge in [0, 0.05) is 5.37 Å². The van der Waals surface area contributed by atoms with Gasteiger partial charge in [-0.2, -0.15) is 0 Å². The van der Waals surface area contributed by atoms with Gasteiger partial charge in [-0.25, -0.2) is 4.21 Å². The molecule has 42 valence electrons. The van der Waals surface area contributed by atoms with Crippen LogP contribution in [0.2, 0.25) is 0 Å². The molecule has 0 aliphatic carbocycles. The summed E-state index contributed by atoms with van der Waals surface area (Å²) in [6.07, 6.45) is 1.76. The maximum Gasteiger partial charge on any atom is 0.0841 e. The third-order valence-corrected chi connectivity index (χ3v) is 0.966. The zero-order chi connectivity index (χ0) is 5.54. The van der Waals surface area contributed by atoms with Crippen molar-refractivity contribution in [3.63, 3.8) is 0 Å². The Morgan fingerprint density at radius 2 is 2.43 bits per heavy atom. The van der Waals surface area contributed by atoms with Gasteiger partial charge in [0.2, 0.25) is 0 Å². The van der Waals surface area contributed by atoms with Crippen molar-refractivity contribution in [3.05, 3.63) is 0 Å². The average molecular weight is 119 g/mol. The van der Waals surface area contributed by atoms with Crippen molar-refractivity contribution < 1.29 is 4.21 Å². The third kappa shape index (κ3) is 5.85. The molecule has 2 N–H and O–H groups in total. The first-order valence-electron chi connectivity index (χ1n) is 2.22. The molecule has 7 heavy (non-hydrogen) atoms. The first-order chi connectivity index (χ1) is 3.41. The van der Waals surface area contributed by atoms with E-state index in [0.717, 1.165) is 12.8 Å². The van der Waals surface area contributed by atoms with Crippen molar-refractivity contribution in [2.45, 2.75) is 12.8 Å². The van der Waals surface area contributed by atoms with E-state index < -0.39 is 0 Å². The Labute approximate surface area is 46.8 Å². The quantitative estimate of drug-likeness (QED) is 0.411. The molecule has 0 saturated carbocycles. The summed E-state index contributed by atoms with van der Waals surface area (Å²) in [4.78, 5) is 0. The van der Waals surface area contributed by atoms with Crippen LogP contribution in [0.4, 0.5) is 0 Å². The molecule has 0 aliphatic rings. The lowest BCUT2D eigenvalue weighted by Crippen LogP contribution is -1.97. The van der Waals surface area contributed by atoms with E-state index in [1.165, 1.54) is 0 Å². The first kappa shape index (κ1) is 6.85. The molecule has 0 heterocycles. The summed E-state index contributed by atoms with van der Waals surface area (Å²) in [6.45, 7) is 0.678. The summed E-state index contributed by atoms with van der Waals surface area (Å²) in [7, 11) is 0. The molecule has 0 aromatic carbocycles. The molecule has 0 fully saturated rings. The Kier molecular flexibility index (Phi) is 5.72. The van der Waals surface area contributed by atoms with Crippen LogP contribution in [0, 0.1) is 0 Å². The molecular weight excluding hydrogens is 110 g/mol. The van der Waals surface area contributed by atoms with Crippen molar-refractivity contribution >= 4 is 16.6 Å². The van der Waals surface area contributed by atoms with Crippen LogP contribution in [0.25, 0.3) is 0 Å². The summed E-state index contributed by atoms with van der Waals surface area (Å²) in [5.74, 6) is 0. The van der Waals surface area contributed by atoms with Crippen LogP contribution in [-0.4, -0.2) is 16.1 Å². The van der Waals surface area contributed by atoms with Crippen molar-refractivity contribution in [2.75, 3.05) is 6.54 Å². The third-order valence-electron chi connectivity index (χ3n) is 0.594. The Morgan fingerprint density at radius 1 is 1.71 bits per heavy atom. The number of unbranched alkanes of at least 4 members (excludes halogenated alkanes) is 1. The maximum absolute atomic E-state index is 9.62. The average Bonchev–Trinajstić information content (AvgIpc) is 1.69. The highest BCUT2D eigenvalue weighted by Crippen LogP contribution is 1.75. The van der Waals surface area contributed by atoms with Crippen LogP contribution in [-0.2, 0) is 11.3 Å². The highest BCUT2D eigenvalue weighted by Gasteiger charge is 1.74. The summed E-state index contributed by atoms with van der Waals surface area (Å²) in [6, 6.07) is 0. The largest absolute Gasteiger partial charge is 0.330 e. The molecule has 0 amide bonds. The summed E-state index contributed by atoms with van der Waals surface area (Å²) in [5, 5.41) is 1.62. The standard InChI is InChI=1S/C4H9NOS/c5-3-1-2-4-7-6/h4H,1-3,5H2. The monoisotopic (exact) mass is 119 g/mol. The summed E-state index contributed by atoms with van der Waals surface area (Å²) >= 11 is 0.511. The molecule has 0 aliphatic heterocycles. The van der Waals surface area contributed by atoms with Crippen LogP contribution in [0.5, 0.6) is 0 Å². The zero-order valence-electron chi connectivity index (χ0n) is 4.09. The van der Waals surface area contributed by atoms with E-state index in [2.05, 4.69) is 0 Å². The lowest BCUT2D eigenvalue weighted by atomic mass is 10.3. The van der Waals surface area contributed by atoms with Gasteiger partial charge in [-0.3, -0.25) is 0 Å². The van der Waals surface area contributed by atoms with Gasteiger partial charge < -0.3 is 5.73 Å². The molecule has 3 heteroatoms. The fourth-order valence-corrected chi connectivity index (χ4v) is 0.512. The second kappa shape index (κ2) is 5.85. The molecule has 0 spiro atoms. The van der Waals surface area contributed by atoms with Gasteiger partial charge in [0.1, 0.15) is 0 Å². The molecule has 0 radical (unpaired) electrons. The van der Waals surface area contributed by atoms with E-state index in [4.69, 9.17) is 5.73 Å². The van der Waals surface area contributed by atoms with Gasteiger partial charge in [-0.05, 0) is 19.4 Å². The summed E-state index contributed by atoms with van der Waals surface area (Å²) < 4.78 is 9.62. The van der Waals surface area contributed by atoms with E-state index in [1.54, 1.807) is 5.37 Å². The number of hydrogen-bond acceptors (Lipinski definition) is 2. The minimum Gasteiger partial charge on any atom is -0.330 e. The van der Waals surface area contributed by atoms with Crippen molar-refractivity contribution in [2.24, 2.45) is 5.73 Å². The molecule has 0 unspecified atom stereocenters. The molecule has 0 atom stereocenters. The number of nitrogens with two attached hydrogens (primary N) is 1. The van der Waals surface area contributed by atoms with E-state index in [0.29, 0.717) is 17.8 Å². The fourth-order valence-electron chi connectivity index (χ4n) is 0.249. The van der Waals surface area contributed by atoms with Crippen LogP contribution < -0.4 is 5.73 Å². The normalized spacial score (nSPS) is 8.14. The zero-order valence-corrected chi connectivity index (χ0v) is 4.91. The highest BCUT2D eigenvalue weighted by atomic mass is 32.1. The Hall–Kier alpha value is -0.150. The van der Waals surface area contributed by atoms with Crippen LogP contribution in [0.15, 0.2) is 0 Å². The molecule has 2 nitrogen and oxygen atoms in total. The predicted molar refractivity (Wildman–Crippen MR) is 32.5 cm³/mol. The first-order valence-corrected chi connectivity index (χ1v) is 3.02. The molecular formula is C4H9NOS. The molecule has 0 rings (SSSR count). The van der Waals surface area contributed by atoms with Crippen LogP contribution in [0.1, 0.15) is 12.8 Å². The van der Waals surface area contributed by atoms with E-state index in [1.807, 2.05) is 0 Å². The second-order valence-corrected chi connectivity index (χ2v) is 1.72. The van der Waals surface area contributed by atoms with Gasteiger partial charge in [-0.15, -0.1) is 0 Å². The smallest absolute Gasteiger partial charge is 0.0841 e. The fraction of sp³-hybridized carbons (Fsp3) is 0.750. The van der Waals surface area contributed by atoms with Crippen molar-refractivity contribution in [1.82, 2.24) is 0 Å². The van der Waals surface area contributed by atoms with Crippen molar-refractivity contribution in [3.8, 4) is 0 Å². The lowest BCUT2D eigenvalue weighted by molar-refractivity contribution is 0.701. The predicted octanol–water partition coefficient (Wildman–Crippen LogP) is -0.259. The Morgan fingerprint density at radius 3 is 2.86 bits per heavy atom. The highest BCUT2D eigenvalue weighted by molar-refractivity contribution is 7.64. The van der Waals surface area contributed by atoms with Gasteiger partial charge >= 0.3 is 0 Å². The topological polar surface area (TPSA) is 43.1 Å². The lowest BCUT2D eigenvalue weighted by Gasteiger charge is -1.81. The Balaban J connectivity index is 2.83. The molecule has 0 aromatic heterocycles. The molecule has 0 bridgehead atoms.